The molecule has 2 nitrogen and oxygen atoms in total. The molecule has 2 aromatic heterocycles. The van der Waals surface area contributed by atoms with Crippen LogP contribution in [0.25, 0.3) is 64.0 Å². The lowest BCUT2D eigenvalue weighted by Gasteiger charge is -2.28. The minimum absolute atomic E-state index is 0.0569. The van der Waals surface area contributed by atoms with Crippen molar-refractivity contribution < 1.29 is 4.42 Å². The molecule has 3 heteroatoms. The Morgan fingerprint density at radius 2 is 1.22 bits per heavy atom. The molecule has 46 heavy (non-hydrogen) atoms. The fraction of sp³-hybridized carbons (Fsp3) is 0.0698. The molecule has 0 radical (unpaired) electrons. The molecular weight excluding hydrogens is 579 g/mol. The van der Waals surface area contributed by atoms with Crippen LogP contribution in [-0.2, 0) is 5.41 Å². The molecule has 218 valence electrons. The van der Waals surface area contributed by atoms with Crippen molar-refractivity contribution in [2.75, 3.05) is 4.90 Å². The average molecular weight is 608 g/mol. The third-order valence-corrected chi connectivity index (χ3v) is 11.2. The van der Waals surface area contributed by atoms with Crippen molar-refractivity contribution in [2.45, 2.75) is 19.3 Å². The van der Waals surface area contributed by atoms with Crippen molar-refractivity contribution in [2.24, 2.45) is 0 Å². The molecule has 0 fully saturated rings. The maximum Gasteiger partial charge on any atom is 0.159 e. The van der Waals surface area contributed by atoms with Gasteiger partial charge in [0.05, 0.1) is 11.4 Å². The highest BCUT2D eigenvalue weighted by atomic mass is 32.1. The fourth-order valence-corrected chi connectivity index (χ4v) is 9.01. The largest absolute Gasteiger partial charge is 0.453 e. The zero-order valence-electron chi connectivity index (χ0n) is 25.5. The minimum atomic E-state index is -0.0569. The SMILES string of the molecule is CC1(C)c2ccccc2-c2cc(N(c3cccc4c3oc3c5ccccc5ccc43)c3cccc4sc5ccccc5c34)ccc21. The average Bonchev–Trinajstić information content (AvgIpc) is 3.74. The Morgan fingerprint density at radius 3 is 2.15 bits per heavy atom. The van der Waals surface area contributed by atoms with E-state index >= 15 is 0 Å². The normalized spacial score (nSPS) is 13.6. The summed E-state index contributed by atoms with van der Waals surface area (Å²) in [5.41, 5.74) is 10.4. The molecule has 10 rings (SSSR count). The molecule has 0 saturated heterocycles. The Bertz CT molecular complexity index is 2690. The van der Waals surface area contributed by atoms with Gasteiger partial charge in [0.15, 0.2) is 5.58 Å². The summed E-state index contributed by atoms with van der Waals surface area (Å²) in [5, 5.41) is 7.12. The van der Waals surface area contributed by atoms with Crippen LogP contribution >= 0.6 is 11.3 Å². The summed E-state index contributed by atoms with van der Waals surface area (Å²) in [5.74, 6) is 0. The van der Waals surface area contributed by atoms with E-state index in [1.807, 2.05) is 11.3 Å². The zero-order valence-corrected chi connectivity index (χ0v) is 26.4. The van der Waals surface area contributed by atoms with Crippen molar-refractivity contribution in [1.29, 1.82) is 0 Å². The number of hydrogen-bond acceptors (Lipinski definition) is 3. The molecule has 2 heterocycles. The van der Waals surface area contributed by atoms with Crippen molar-refractivity contribution >= 4 is 81.3 Å². The van der Waals surface area contributed by atoms with Crippen molar-refractivity contribution in [1.82, 2.24) is 0 Å². The van der Waals surface area contributed by atoms with Crippen LogP contribution in [0.5, 0.6) is 0 Å². The summed E-state index contributed by atoms with van der Waals surface area (Å²) in [4.78, 5) is 2.43. The molecule has 0 bridgehead atoms. The molecule has 0 spiro atoms. The fourth-order valence-electron chi connectivity index (χ4n) is 7.88. The number of thiophene rings is 1. The summed E-state index contributed by atoms with van der Waals surface area (Å²) < 4.78 is 9.52. The van der Waals surface area contributed by atoms with Gasteiger partial charge in [-0.3, -0.25) is 0 Å². The number of anilines is 3. The highest BCUT2D eigenvalue weighted by Crippen LogP contribution is 2.52. The monoisotopic (exact) mass is 607 g/mol. The molecule has 0 atom stereocenters. The van der Waals surface area contributed by atoms with E-state index in [2.05, 4.69) is 158 Å². The first-order valence-electron chi connectivity index (χ1n) is 15.9. The van der Waals surface area contributed by atoms with Gasteiger partial charge >= 0.3 is 0 Å². The summed E-state index contributed by atoms with van der Waals surface area (Å²) in [6.07, 6.45) is 0. The lowest BCUT2D eigenvalue weighted by Crippen LogP contribution is -2.15. The molecule has 1 aliphatic carbocycles. The molecule has 0 saturated carbocycles. The topological polar surface area (TPSA) is 16.4 Å². The summed E-state index contributed by atoms with van der Waals surface area (Å²) in [6, 6.07) is 50.9. The minimum Gasteiger partial charge on any atom is -0.453 e. The van der Waals surface area contributed by atoms with Crippen LogP contribution in [0.3, 0.4) is 0 Å². The van der Waals surface area contributed by atoms with Gasteiger partial charge in [-0.15, -0.1) is 11.3 Å². The lowest BCUT2D eigenvalue weighted by molar-refractivity contribution is 0.660. The maximum absolute atomic E-state index is 6.94. The van der Waals surface area contributed by atoms with E-state index in [4.69, 9.17) is 4.42 Å². The number of para-hydroxylation sites is 1. The van der Waals surface area contributed by atoms with E-state index in [0.717, 1.165) is 44.4 Å². The Hall–Kier alpha value is -5.38. The van der Waals surface area contributed by atoms with Gasteiger partial charge in [-0.2, -0.15) is 0 Å². The first-order valence-corrected chi connectivity index (χ1v) is 16.7. The van der Waals surface area contributed by atoms with E-state index in [1.165, 1.54) is 47.8 Å². The maximum atomic E-state index is 6.94. The molecule has 0 aliphatic heterocycles. The molecule has 9 aromatic rings. The second-order valence-electron chi connectivity index (χ2n) is 12.9. The van der Waals surface area contributed by atoms with E-state index in [0.29, 0.717) is 0 Å². The van der Waals surface area contributed by atoms with Gasteiger partial charge in [0.25, 0.3) is 0 Å². The van der Waals surface area contributed by atoms with Gasteiger partial charge in [0.2, 0.25) is 0 Å². The van der Waals surface area contributed by atoms with Crippen LogP contribution in [0.2, 0.25) is 0 Å². The Morgan fingerprint density at radius 1 is 0.522 bits per heavy atom. The van der Waals surface area contributed by atoms with Crippen molar-refractivity contribution in [3.8, 4) is 11.1 Å². The first-order chi connectivity index (χ1) is 22.6. The summed E-state index contributed by atoms with van der Waals surface area (Å²) in [7, 11) is 0. The van der Waals surface area contributed by atoms with E-state index < -0.39 is 0 Å². The summed E-state index contributed by atoms with van der Waals surface area (Å²) >= 11 is 1.85. The molecule has 0 unspecified atom stereocenters. The number of furan rings is 1. The predicted molar refractivity (Wildman–Crippen MR) is 196 cm³/mol. The predicted octanol–water partition coefficient (Wildman–Crippen LogP) is 12.9. The van der Waals surface area contributed by atoms with Gasteiger partial charge in [-0.1, -0.05) is 111 Å². The van der Waals surface area contributed by atoms with Crippen molar-refractivity contribution in [3.05, 3.63) is 151 Å². The highest BCUT2D eigenvalue weighted by molar-refractivity contribution is 7.26. The second kappa shape index (κ2) is 9.32. The Kier molecular flexibility index (Phi) is 5.25. The number of rotatable bonds is 3. The van der Waals surface area contributed by atoms with Gasteiger partial charge in [0.1, 0.15) is 5.58 Å². The van der Waals surface area contributed by atoms with Gasteiger partial charge in [-0.25, -0.2) is 0 Å². The molecule has 7 aromatic carbocycles. The van der Waals surface area contributed by atoms with Crippen LogP contribution in [-0.4, -0.2) is 0 Å². The highest BCUT2D eigenvalue weighted by Gasteiger charge is 2.36. The van der Waals surface area contributed by atoms with E-state index in [9.17, 15) is 0 Å². The Labute approximate surface area is 270 Å². The van der Waals surface area contributed by atoms with Gasteiger partial charge in [-0.05, 0) is 70.1 Å². The molecular formula is C43H29NOS. The Balaban J connectivity index is 1.31. The third-order valence-electron chi connectivity index (χ3n) is 10.1. The van der Waals surface area contributed by atoms with E-state index in [-0.39, 0.29) is 5.41 Å². The molecule has 1 aliphatic rings. The van der Waals surface area contributed by atoms with Crippen LogP contribution in [0.1, 0.15) is 25.0 Å². The molecule has 0 N–H and O–H groups in total. The third kappa shape index (κ3) is 3.46. The van der Waals surface area contributed by atoms with Crippen LogP contribution in [0.15, 0.2) is 144 Å². The smallest absolute Gasteiger partial charge is 0.159 e. The molecule has 0 amide bonds. The van der Waals surface area contributed by atoms with Crippen LogP contribution in [0, 0.1) is 0 Å². The van der Waals surface area contributed by atoms with E-state index in [1.54, 1.807) is 0 Å². The van der Waals surface area contributed by atoms with Gasteiger partial charge < -0.3 is 9.32 Å². The number of benzene rings is 7. The number of fused-ring (bicyclic) bond motifs is 11. The van der Waals surface area contributed by atoms with Crippen LogP contribution < -0.4 is 4.90 Å². The second-order valence-corrected chi connectivity index (χ2v) is 14.0. The van der Waals surface area contributed by atoms with Crippen molar-refractivity contribution in [3.63, 3.8) is 0 Å². The van der Waals surface area contributed by atoms with Crippen LogP contribution in [0.4, 0.5) is 17.1 Å². The standard InChI is InChI=1S/C43H29NOS/c1-43(2)34-16-7-5-13-29(34)33-25-27(22-24-35(33)43)44(36-17-10-20-39-40(36)32-14-6-8-19-38(32)46-39)37-18-9-15-30-31-23-21-26-11-3-4-12-28(26)41(31)45-42(30)37/h3-25H,1-2H3. The van der Waals surface area contributed by atoms with Gasteiger partial charge in [0, 0.05) is 47.4 Å². The number of nitrogens with zero attached hydrogens (tertiary/aromatic N) is 1. The summed E-state index contributed by atoms with van der Waals surface area (Å²) in [6.45, 7) is 4.68. The number of hydrogen-bond donors (Lipinski definition) is 0. The quantitative estimate of drug-likeness (QED) is 0.199. The zero-order chi connectivity index (χ0) is 30.6. The first kappa shape index (κ1) is 25.9. The lowest BCUT2D eigenvalue weighted by atomic mass is 9.82.